The molecule has 2 aromatic carbocycles. The van der Waals surface area contributed by atoms with Gasteiger partial charge in [-0.1, -0.05) is 43.9 Å². The van der Waals surface area contributed by atoms with Crippen LogP contribution in [0.1, 0.15) is 95.3 Å². The van der Waals surface area contributed by atoms with E-state index in [1.165, 1.54) is 12.8 Å². The first-order valence-corrected chi connectivity index (χ1v) is 19.1. The van der Waals surface area contributed by atoms with Gasteiger partial charge in [-0.2, -0.15) is 0 Å². The second-order valence-electron chi connectivity index (χ2n) is 14.9. The number of ether oxygens (including phenoxy) is 1. The number of carbonyl (C=O) groups excluding carboxylic acids is 5. The van der Waals surface area contributed by atoms with Crippen LogP contribution in [-0.2, 0) is 9.59 Å². The number of imide groups is 2. The molecule has 7 rings (SSSR count). The number of hydrogen-bond acceptors (Lipinski definition) is 11. The molecule has 3 saturated heterocycles. The summed E-state index contributed by atoms with van der Waals surface area (Å²) < 4.78 is 6.30. The molecule has 14 heteroatoms. The van der Waals surface area contributed by atoms with Crippen molar-refractivity contribution in [2.45, 2.75) is 70.3 Å². The first kappa shape index (κ1) is 37.0. The predicted molar refractivity (Wildman–Crippen MR) is 202 cm³/mol. The van der Waals surface area contributed by atoms with E-state index in [9.17, 15) is 24.0 Å². The molecule has 1 unspecified atom stereocenters. The normalized spacial score (nSPS) is 19.4. The van der Waals surface area contributed by atoms with Crippen LogP contribution >= 0.6 is 0 Å². The van der Waals surface area contributed by atoms with Crippen LogP contribution in [0.15, 0.2) is 55.0 Å². The van der Waals surface area contributed by atoms with Gasteiger partial charge in [-0.25, -0.2) is 9.97 Å². The number of carbonyl (C=O) groups is 5. The molecule has 3 aromatic rings. The molecule has 5 heterocycles. The summed E-state index contributed by atoms with van der Waals surface area (Å²) in [6.45, 7) is 5.31. The molecule has 0 radical (unpaired) electrons. The van der Waals surface area contributed by atoms with Gasteiger partial charge < -0.3 is 25.2 Å². The molecule has 3 fully saturated rings. The molecule has 4 aliphatic heterocycles. The molecule has 0 saturated carbocycles. The molecule has 14 nitrogen and oxygen atoms in total. The van der Waals surface area contributed by atoms with Crippen molar-refractivity contribution in [3.05, 3.63) is 71.7 Å². The van der Waals surface area contributed by atoms with E-state index in [1.807, 2.05) is 12.1 Å². The summed E-state index contributed by atoms with van der Waals surface area (Å²) >= 11 is 0. The van der Waals surface area contributed by atoms with Crippen LogP contribution in [0.2, 0.25) is 0 Å². The Balaban J connectivity index is 0.809. The lowest BCUT2D eigenvalue weighted by Gasteiger charge is -2.54. The highest BCUT2D eigenvalue weighted by molar-refractivity contribution is 6.25. The summed E-state index contributed by atoms with van der Waals surface area (Å²) in [6.07, 6.45) is 11.5. The van der Waals surface area contributed by atoms with E-state index in [0.717, 1.165) is 75.4 Å². The van der Waals surface area contributed by atoms with E-state index in [2.05, 4.69) is 42.8 Å². The molecule has 1 atom stereocenters. The second kappa shape index (κ2) is 16.3. The third-order valence-corrected chi connectivity index (χ3v) is 11.1. The first-order chi connectivity index (χ1) is 26.2. The summed E-state index contributed by atoms with van der Waals surface area (Å²) in [5.41, 5.74) is 1.91. The maximum atomic E-state index is 13.3. The highest BCUT2D eigenvalue weighted by Crippen LogP contribution is 2.44. The molecular formula is C40H48N8O6. The van der Waals surface area contributed by atoms with Crippen molar-refractivity contribution in [2.24, 2.45) is 5.41 Å². The molecule has 1 aromatic heterocycles. The average Bonchev–Trinajstić information content (AvgIpc) is 3.41. The highest BCUT2D eigenvalue weighted by Gasteiger charge is 2.47. The van der Waals surface area contributed by atoms with Crippen molar-refractivity contribution in [3.63, 3.8) is 0 Å². The molecule has 0 bridgehead atoms. The fraction of sp³-hybridized carbons (Fsp3) is 0.475. The van der Waals surface area contributed by atoms with Crippen LogP contribution in [0.25, 0.3) is 0 Å². The van der Waals surface area contributed by atoms with E-state index in [-0.39, 0.29) is 29.9 Å². The van der Waals surface area contributed by atoms with Crippen molar-refractivity contribution in [2.75, 3.05) is 56.5 Å². The van der Waals surface area contributed by atoms with Gasteiger partial charge in [-0.05, 0) is 76.5 Å². The monoisotopic (exact) mass is 736 g/mol. The Morgan fingerprint density at radius 1 is 0.907 bits per heavy atom. The molecule has 54 heavy (non-hydrogen) atoms. The lowest BCUT2D eigenvalue weighted by molar-refractivity contribution is -0.136. The van der Waals surface area contributed by atoms with Gasteiger partial charge in [-0.15, -0.1) is 0 Å². The molecule has 4 aliphatic rings. The molecule has 1 spiro atoms. The minimum absolute atomic E-state index is 0.0815. The van der Waals surface area contributed by atoms with Gasteiger partial charge in [0.25, 0.3) is 17.7 Å². The number of rotatable bonds is 15. The summed E-state index contributed by atoms with van der Waals surface area (Å²) in [7, 11) is 2.18. The van der Waals surface area contributed by atoms with Gasteiger partial charge in [0.2, 0.25) is 11.8 Å². The van der Waals surface area contributed by atoms with Crippen molar-refractivity contribution >= 4 is 41.0 Å². The van der Waals surface area contributed by atoms with Gasteiger partial charge in [0, 0.05) is 43.7 Å². The van der Waals surface area contributed by atoms with E-state index in [1.54, 1.807) is 42.9 Å². The number of unbranched alkanes of at least 4 members (excludes halogenated alkanes) is 5. The molecule has 284 valence electrons. The second-order valence-corrected chi connectivity index (χ2v) is 14.9. The topological polar surface area (TPSA) is 166 Å². The third-order valence-electron chi connectivity index (χ3n) is 11.1. The van der Waals surface area contributed by atoms with Crippen molar-refractivity contribution in [1.82, 2.24) is 30.4 Å². The number of nitrogens with one attached hydrogen (secondary N) is 3. The van der Waals surface area contributed by atoms with Gasteiger partial charge >= 0.3 is 0 Å². The van der Waals surface area contributed by atoms with Crippen LogP contribution in [0.3, 0.4) is 0 Å². The van der Waals surface area contributed by atoms with Crippen LogP contribution < -0.4 is 25.6 Å². The zero-order valence-corrected chi connectivity index (χ0v) is 30.8. The van der Waals surface area contributed by atoms with Gasteiger partial charge in [0.15, 0.2) is 11.6 Å². The smallest absolute Gasteiger partial charge is 0.264 e. The van der Waals surface area contributed by atoms with E-state index >= 15 is 0 Å². The minimum atomic E-state index is -0.989. The number of fused-ring (bicyclic) bond motifs is 1. The zero-order valence-electron chi connectivity index (χ0n) is 30.8. The van der Waals surface area contributed by atoms with Crippen LogP contribution in [0.5, 0.6) is 11.5 Å². The fourth-order valence-corrected chi connectivity index (χ4v) is 7.94. The third kappa shape index (κ3) is 7.93. The Labute approximate surface area is 315 Å². The average molecular weight is 737 g/mol. The molecule has 0 aliphatic carbocycles. The van der Waals surface area contributed by atoms with Gasteiger partial charge in [0.05, 0.1) is 22.9 Å². The Kier molecular flexibility index (Phi) is 11.2. The van der Waals surface area contributed by atoms with Crippen molar-refractivity contribution < 1.29 is 28.7 Å². The first-order valence-electron chi connectivity index (χ1n) is 19.1. The van der Waals surface area contributed by atoms with Crippen LogP contribution in [0.4, 0.5) is 11.5 Å². The van der Waals surface area contributed by atoms with Crippen LogP contribution in [-0.4, -0.2) is 102 Å². The Morgan fingerprint density at radius 2 is 1.65 bits per heavy atom. The predicted octanol–water partition coefficient (Wildman–Crippen LogP) is 4.38. The van der Waals surface area contributed by atoms with E-state index < -0.39 is 29.7 Å². The lowest BCUT2D eigenvalue weighted by Crippen LogP contribution is -2.60. The van der Waals surface area contributed by atoms with Crippen LogP contribution in [0, 0.1) is 5.41 Å². The summed E-state index contributed by atoms with van der Waals surface area (Å²) in [5, 5.41) is 8.57. The Morgan fingerprint density at radius 3 is 2.43 bits per heavy atom. The molecule has 3 N–H and O–H groups in total. The Hall–Kier alpha value is -5.37. The quantitative estimate of drug-likeness (QED) is 0.150. The van der Waals surface area contributed by atoms with Crippen molar-refractivity contribution in [3.8, 4) is 11.5 Å². The summed E-state index contributed by atoms with van der Waals surface area (Å²) in [4.78, 5) is 77.9. The lowest BCUT2D eigenvalue weighted by atomic mass is 9.72. The number of hydrogen-bond donors (Lipinski definition) is 3. The number of aromatic nitrogens is 2. The largest absolute Gasteiger partial charge is 0.451 e. The highest BCUT2D eigenvalue weighted by atomic mass is 16.5. The number of amides is 5. The van der Waals surface area contributed by atoms with E-state index in [4.69, 9.17) is 4.74 Å². The maximum absolute atomic E-state index is 13.3. The SMILES string of the molecule is CN1CCC2(CC1)CN(c1ncncc1Oc1ccccc1C(=O)NCCCCCCCCNc1cccc3c1C(=O)N(C1CCC(=O)NC1=O)C3=O)C2. The molecular weight excluding hydrogens is 688 g/mol. The van der Waals surface area contributed by atoms with Gasteiger partial charge in [-0.3, -0.25) is 34.2 Å². The number of benzene rings is 2. The number of anilines is 2. The van der Waals surface area contributed by atoms with Crippen molar-refractivity contribution in [1.29, 1.82) is 0 Å². The maximum Gasteiger partial charge on any atom is 0.264 e. The molecule has 5 amide bonds. The van der Waals surface area contributed by atoms with Gasteiger partial charge in [0.1, 0.15) is 18.1 Å². The standard InChI is InChI=1S/C40H48N8O6/c1-46-21-17-40(18-22-46)24-47(25-40)35-32(23-41-26-44-35)54-31-14-7-6-11-27(31)36(50)43-20-9-5-3-2-4-8-19-42-29-13-10-12-28-34(29)39(53)48(38(28)52)30-15-16-33(49)45-37(30)51/h6-7,10-14,23,26,30,42H,2-5,8-9,15-22,24-25H2,1H3,(H,43,50)(H,45,49,51). The zero-order chi connectivity index (χ0) is 37.7. The number of piperidine rings is 2. The summed E-state index contributed by atoms with van der Waals surface area (Å²) in [6, 6.07) is 11.3. The minimum Gasteiger partial charge on any atom is -0.451 e. The fourth-order valence-electron chi connectivity index (χ4n) is 7.94. The number of likely N-dealkylation sites (tertiary alicyclic amines) is 1. The Bertz CT molecular complexity index is 1900. The number of para-hydroxylation sites is 1. The number of nitrogens with zero attached hydrogens (tertiary/aromatic N) is 5. The summed E-state index contributed by atoms with van der Waals surface area (Å²) in [5.74, 6) is -0.461. The van der Waals surface area contributed by atoms with E-state index in [0.29, 0.717) is 41.3 Å².